The molecule has 0 amide bonds. The zero-order valence-electron chi connectivity index (χ0n) is 8.07. The Morgan fingerprint density at radius 3 is 2.07 bits per heavy atom. The first kappa shape index (κ1) is 21.9. The molecule has 0 saturated carbocycles. The summed E-state index contributed by atoms with van der Waals surface area (Å²) in [7, 11) is -3.90. The Kier molecular flexibility index (Phi) is 20.0. The van der Waals surface area contributed by atoms with Crippen molar-refractivity contribution in [3.05, 3.63) is 11.5 Å². The fourth-order valence-corrected chi connectivity index (χ4v) is 1.43. The molecule has 0 saturated heterocycles. The molecule has 0 radical (unpaired) electrons. The second-order valence-corrected chi connectivity index (χ2v) is 4.39. The van der Waals surface area contributed by atoms with Crippen LogP contribution in [0, 0.1) is 0 Å². The molecule has 0 aliphatic heterocycles. The van der Waals surface area contributed by atoms with Crippen molar-refractivity contribution >= 4 is 69.2 Å². The van der Waals surface area contributed by atoms with Gasteiger partial charge < -0.3 is 0 Å². The number of unbranched alkanes of at least 4 members (excludes halogenated alkanes) is 5. The van der Waals surface area contributed by atoms with Crippen molar-refractivity contribution in [2.75, 3.05) is 0 Å². The Morgan fingerprint density at radius 1 is 1.07 bits per heavy atom. The molecule has 3 nitrogen and oxygen atoms in total. The van der Waals surface area contributed by atoms with E-state index in [-0.39, 0.29) is 59.1 Å². The standard InChI is InChI=1S/C9H18O3S.2Na.2H/c1-2-3-4-5-6-7-8-9-13(10,11)12;;;;/h8-9H,2-7H2,1H3,(H,10,11,12);;;;. The van der Waals surface area contributed by atoms with E-state index in [0.29, 0.717) is 0 Å². The average molecular weight is 254 g/mol. The molecule has 0 bridgehead atoms. The number of allylic oxidation sites excluding steroid dienone is 1. The van der Waals surface area contributed by atoms with Crippen molar-refractivity contribution in [3.63, 3.8) is 0 Å². The van der Waals surface area contributed by atoms with Crippen LogP contribution in [0.3, 0.4) is 0 Å². The van der Waals surface area contributed by atoms with Gasteiger partial charge in [-0.1, -0.05) is 38.7 Å². The Labute approximate surface area is 137 Å². The maximum absolute atomic E-state index is 10.2. The van der Waals surface area contributed by atoms with Crippen LogP contribution in [0.25, 0.3) is 0 Å². The van der Waals surface area contributed by atoms with Gasteiger partial charge in [-0.15, -0.1) is 0 Å². The molecule has 0 unspecified atom stereocenters. The third-order valence-corrected chi connectivity index (χ3v) is 2.28. The molecule has 0 heterocycles. The predicted octanol–water partition coefficient (Wildman–Crippen LogP) is 1.45. The van der Waals surface area contributed by atoms with Crippen molar-refractivity contribution in [2.45, 2.75) is 45.4 Å². The first-order chi connectivity index (χ1) is 6.06. The van der Waals surface area contributed by atoms with Crippen molar-refractivity contribution in [1.82, 2.24) is 0 Å². The molecular formula is C9H20Na2O3S. The molecular weight excluding hydrogens is 234 g/mol. The summed E-state index contributed by atoms with van der Waals surface area (Å²) in [6, 6.07) is 0. The van der Waals surface area contributed by atoms with Crippen molar-refractivity contribution in [1.29, 1.82) is 0 Å². The van der Waals surface area contributed by atoms with Gasteiger partial charge in [-0.2, -0.15) is 8.42 Å². The van der Waals surface area contributed by atoms with Crippen LogP contribution in [-0.4, -0.2) is 72.1 Å². The zero-order valence-corrected chi connectivity index (χ0v) is 8.89. The van der Waals surface area contributed by atoms with Crippen LogP contribution in [0.1, 0.15) is 45.4 Å². The molecule has 0 fully saturated rings. The number of hydrogen-bond donors (Lipinski definition) is 1. The third-order valence-electron chi connectivity index (χ3n) is 1.74. The minimum atomic E-state index is -3.90. The molecule has 0 aromatic rings. The summed E-state index contributed by atoms with van der Waals surface area (Å²) in [5, 5.41) is 0.854. The second kappa shape index (κ2) is 13.7. The van der Waals surface area contributed by atoms with E-state index in [9.17, 15) is 8.42 Å². The van der Waals surface area contributed by atoms with Gasteiger partial charge in [-0.3, -0.25) is 4.55 Å². The molecule has 0 atom stereocenters. The molecule has 0 aromatic carbocycles. The van der Waals surface area contributed by atoms with E-state index in [2.05, 4.69) is 6.92 Å². The normalized spacial score (nSPS) is 10.8. The molecule has 6 heteroatoms. The van der Waals surface area contributed by atoms with Gasteiger partial charge in [0.05, 0.1) is 5.41 Å². The summed E-state index contributed by atoms with van der Waals surface area (Å²) in [6.07, 6.45) is 8.00. The Hall–Kier alpha value is 1.65. The van der Waals surface area contributed by atoms with Crippen molar-refractivity contribution < 1.29 is 13.0 Å². The van der Waals surface area contributed by atoms with E-state index >= 15 is 0 Å². The summed E-state index contributed by atoms with van der Waals surface area (Å²) in [4.78, 5) is 0. The van der Waals surface area contributed by atoms with Crippen LogP contribution >= 0.6 is 0 Å². The van der Waals surface area contributed by atoms with Gasteiger partial charge in [0.2, 0.25) is 0 Å². The first-order valence-electron chi connectivity index (χ1n) is 4.70. The topological polar surface area (TPSA) is 54.4 Å². The molecule has 0 aliphatic carbocycles. The van der Waals surface area contributed by atoms with Crippen LogP contribution < -0.4 is 0 Å². The molecule has 0 rings (SSSR count). The molecule has 1 N–H and O–H groups in total. The zero-order chi connectivity index (χ0) is 10.2. The molecule has 0 spiro atoms. The summed E-state index contributed by atoms with van der Waals surface area (Å²) in [5.41, 5.74) is 0. The van der Waals surface area contributed by atoms with Crippen LogP contribution in [0.2, 0.25) is 0 Å². The predicted molar refractivity (Wildman–Crippen MR) is 68.4 cm³/mol. The van der Waals surface area contributed by atoms with Crippen molar-refractivity contribution in [2.24, 2.45) is 0 Å². The van der Waals surface area contributed by atoms with Gasteiger partial charge in [-0.25, -0.2) is 0 Å². The molecule has 82 valence electrons. The summed E-state index contributed by atoms with van der Waals surface area (Å²) < 4.78 is 28.8. The summed E-state index contributed by atoms with van der Waals surface area (Å²) >= 11 is 0. The number of rotatable bonds is 7. The molecule has 0 aliphatic rings. The van der Waals surface area contributed by atoms with Gasteiger partial charge in [0.25, 0.3) is 10.1 Å². The average Bonchev–Trinajstić information content (AvgIpc) is 2.01. The second-order valence-electron chi connectivity index (χ2n) is 3.09. The quantitative estimate of drug-likeness (QED) is 0.425. The van der Waals surface area contributed by atoms with Gasteiger partial charge in [0.1, 0.15) is 0 Å². The summed E-state index contributed by atoms with van der Waals surface area (Å²) in [6.45, 7) is 2.15. The van der Waals surface area contributed by atoms with Crippen LogP contribution in [-0.2, 0) is 10.1 Å². The van der Waals surface area contributed by atoms with E-state index in [4.69, 9.17) is 4.55 Å². The summed E-state index contributed by atoms with van der Waals surface area (Å²) in [5.74, 6) is 0. The van der Waals surface area contributed by atoms with E-state index < -0.39 is 10.1 Å². The monoisotopic (exact) mass is 254 g/mol. The van der Waals surface area contributed by atoms with E-state index in [0.717, 1.165) is 24.7 Å². The van der Waals surface area contributed by atoms with Gasteiger partial charge in [-0.05, 0) is 12.8 Å². The Bertz CT molecular complexity index is 238. The van der Waals surface area contributed by atoms with Crippen molar-refractivity contribution in [3.8, 4) is 0 Å². The van der Waals surface area contributed by atoms with Gasteiger partial charge in [0, 0.05) is 0 Å². The van der Waals surface area contributed by atoms with Crippen LogP contribution in [0.5, 0.6) is 0 Å². The van der Waals surface area contributed by atoms with E-state index in [1.165, 1.54) is 25.3 Å². The van der Waals surface area contributed by atoms with Crippen LogP contribution in [0.4, 0.5) is 0 Å². The first-order valence-corrected chi connectivity index (χ1v) is 6.20. The fourth-order valence-electron chi connectivity index (χ4n) is 1.06. The van der Waals surface area contributed by atoms with Gasteiger partial charge in [0.15, 0.2) is 0 Å². The minimum absolute atomic E-state index is 0. The number of hydrogen-bond acceptors (Lipinski definition) is 2. The molecule has 0 aromatic heterocycles. The van der Waals surface area contributed by atoms with E-state index in [1.54, 1.807) is 0 Å². The molecule has 15 heavy (non-hydrogen) atoms. The van der Waals surface area contributed by atoms with E-state index in [1.807, 2.05) is 0 Å². The third kappa shape index (κ3) is 21.5. The maximum atomic E-state index is 10.2. The SMILES string of the molecule is CCCCCCCC=CS(=O)(=O)O.[NaH].[NaH]. The fraction of sp³-hybridized carbons (Fsp3) is 0.778. The van der Waals surface area contributed by atoms with Crippen LogP contribution in [0.15, 0.2) is 11.5 Å². The Balaban J connectivity index is -0.000000720. The van der Waals surface area contributed by atoms with Gasteiger partial charge >= 0.3 is 59.1 Å². The Morgan fingerprint density at radius 2 is 1.60 bits per heavy atom.